The predicted octanol–water partition coefficient (Wildman–Crippen LogP) is 6.34. The molecule has 156 valence electrons. The second kappa shape index (κ2) is 11.3. The summed E-state index contributed by atoms with van der Waals surface area (Å²) in [6.45, 7) is 0.571. The molecule has 1 heterocycles. The Morgan fingerprint density at radius 1 is 1.10 bits per heavy atom. The van der Waals surface area contributed by atoms with Gasteiger partial charge in [0.25, 0.3) is 5.91 Å². The summed E-state index contributed by atoms with van der Waals surface area (Å²) >= 11 is 14.8. The van der Waals surface area contributed by atoms with Gasteiger partial charge in [0.1, 0.15) is 4.32 Å². The summed E-state index contributed by atoms with van der Waals surface area (Å²) in [5.41, 5.74) is 1.73. The first-order chi connectivity index (χ1) is 14.4. The fourth-order valence-corrected chi connectivity index (χ4v) is 4.69. The molecule has 1 saturated heterocycles. The van der Waals surface area contributed by atoms with Gasteiger partial charge in [0.05, 0.1) is 4.91 Å². The molecule has 8 heteroatoms. The van der Waals surface area contributed by atoms with E-state index in [1.54, 1.807) is 17.0 Å². The van der Waals surface area contributed by atoms with Crippen molar-refractivity contribution in [2.24, 2.45) is 0 Å². The number of unbranched alkanes of at least 4 members (excludes halogenated alkanes) is 2. The van der Waals surface area contributed by atoms with Crippen molar-refractivity contribution in [3.05, 3.63) is 67.6 Å². The lowest BCUT2D eigenvalue weighted by atomic mass is 10.1. The fourth-order valence-electron chi connectivity index (χ4n) is 2.89. The van der Waals surface area contributed by atoms with Crippen LogP contribution in [0, 0.1) is 3.57 Å². The average molecular weight is 571 g/mol. The first kappa shape index (κ1) is 23.2. The van der Waals surface area contributed by atoms with Crippen LogP contribution in [0.15, 0.2) is 53.4 Å². The molecule has 1 aliphatic heterocycles. The van der Waals surface area contributed by atoms with Gasteiger partial charge in [0, 0.05) is 27.2 Å². The zero-order chi connectivity index (χ0) is 21.5. The van der Waals surface area contributed by atoms with Crippen molar-refractivity contribution in [2.45, 2.75) is 25.7 Å². The Balaban J connectivity index is 1.40. The van der Waals surface area contributed by atoms with Gasteiger partial charge in [-0.2, -0.15) is 0 Å². The van der Waals surface area contributed by atoms with Gasteiger partial charge in [0.2, 0.25) is 5.91 Å². The zero-order valence-corrected chi connectivity index (χ0v) is 20.6. The van der Waals surface area contributed by atoms with E-state index in [1.165, 1.54) is 11.8 Å². The van der Waals surface area contributed by atoms with E-state index in [1.807, 2.05) is 42.5 Å². The number of carbonyl (C=O) groups excluding carboxylic acids is 2. The topological polar surface area (TPSA) is 49.4 Å². The summed E-state index contributed by atoms with van der Waals surface area (Å²) in [6.07, 6.45) is 4.72. The van der Waals surface area contributed by atoms with Crippen LogP contribution < -0.4 is 5.32 Å². The molecule has 1 N–H and O–H groups in total. The Labute approximate surface area is 204 Å². The number of hydrogen-bond acceptors (Lipinski definition) is 4. The average Bonchev–Trinajstić information content (AvgIpc) is 2.98. The highest BCUT2D eigenvalue weighted by Gasteiger charge is 2.31. The monoisotopic (exact) mass is 570 g/mol. The maximum atomic E-state index is 12.6. The maximum Gasteiger partial charge on any atom is 0.266 e. The summed E-state index contributed by atoms with van der Waals surface area (Å²) in [4.78, 5) is 27.0. The van der Waals surface area contributed by atoms with Crippen LogP contribution in [0.4, 0.5) is 5.69 Å². The number of benzene rings is 2. The molecule has 2 aromatic rings. The number of amides is 2. The molecule has 3 rings (SSSR count). The van der Waals surface area contributed by atoms with Crippen LogP contribution in [0.1, 0.15) is 31.2 Å². The number of thiocarbonyl (C=S) groups is 1. The number of anilines is 1. The molecular weight excluding hydrogens is 551 g/mol. The SMILES string of the molecule is O=C(CCCCCN1C(=O)/C(=C/c2ccc(Cl)cc2)SC1=S)Nc1ccc(I)cc1. The number of nitrogens with zero attached hydrogens (tertiary/aromatic N) is 1. The quantitative estimate of drug-likeness (QED) is 0.174. The highest BCUT2D eigenvalue weighted by atomic mass is 127. The molecule has 0 radical (unpaired) electrons. The first-order valence-corrected chi connectivity index (χ1v) is 12.2. The van der Waals surface area contributed by atoms with Crippen molar-refractivity contribution < 1.29 is 9.59 Å². The molecular formula is C22H20ClIN2O2S2. The van der Waals surface area contributed by atoms with Crippen molar-refractivity contribution >= 4 is 86.1 Å². The lowest BCUT2D eigenvalue weighted by Gasteiger charge is -2.14. The van der Waals surface area contributed by atoms with E-state index in [-0.39, 0.29) is 11.8 Å². The van der Waals surface area contributed by atoms with Crippen molar-refractivity contribution in [3.63, 3.8) is 0 Å². The Kier molecular flexibility index (Phi) is 8.73. The van der Waals surface area contributed by atoms with Gasteiger partial charge >= 0.3 is 0 Å². The molecule has 30 heavy (non-hydrogen) atoms. The second-order valence-electron chi connectivity index (χ2n) is 6.75. The van der Waals surface area contributed by atoms with Crippen LogP contribution in [-0.2, 0) is 9.59 Å². The molecule has 1 fully saturated rings. The van der Waals surface area contributed by atoms with Gasteiger partial charge in [-0.3, -0.25) is 14.5 Å². The van der Waals surface area contributed by atoms with Gasteiger partial charge in [-0.1, -0.05) is 54.1 Å². The number of thioether (sulfide) groups is 1. The van der Waals surface area contributed by atoms with E-state index in [0.29, 0.717) is 27.2 Å². The number of rotatable bonds is 8. The standard InChI is InChI=1S/C22H20ClIN2O2S2/c23-16-7-5-15(6-8-16)14-19-21(28)26(22(29)30-19)13-3-1-2-4-20(27)25-18-11-9-17(24)10-12-18/h5-12,14H,1-4,13H2,(H,25,27)/b19-14-. The number of carbonyl (C=O) groups is 2. The van der Waals surface area contributed by atoms with Crippen LogP contribution in [0.3, 0.4) is 0 Å². The van der Waals surface area contributed by atoms with Crippen LogP contribution >= 0.6 is 58.2 Å². The van der Waals surface area contributed by atoms with E-state index >= 15 is 0 Å². The van der Waals surface area contributed by atoms with E-state index in [9.17, 15) is 9.59 Å². The molecule has 0 bridgehead atoms. The minimum absolute atomic E-state index is 0.00715. The summed E-state index contributed by atoms with van der Waals surface area (Å²) in [5.74, 6) is -0.0517. The van der Waals surface area contributed by atoms with Crippen LogP contribution in [0.2, 0.25) is 5.02 Å². The van der Waals surface area contributed by atoms with Crippen LogP contribution in [0.5, 0.6) is 0 Å². The van der Waals surface area contributed by atoms with Gasteiger partial charge in [-0.05, 0) is 83.5 Å². The summed E-state index contributed by atoms with van der Waals surface area (Å²) < 4.78 is 1.71. The van der Waals surface area contributed by atoms with Gasteiger partial charge in [-0.25, -0.2) is 0 Å². The zero-order valence-electron chi connectivity index (χ0n) is 16.1. The molecule has 2 amide bonds. The van der Waals surface area contributed by atoms with Gasteiger partial charge in [0.15, 0.2) is 0 Å². The third-order valence-corrected chi connectivity index (χ3v) is 6.80. The smallest absolute Gasteiger partial charge is 0.266 e. The minimum Gasteiger partial charge on any atom is -0.326 e. The molecule has 1 aliphatic rings. The van der Waals surface area contributed by atoms with E-state index in [2.05, 4.69) is 27.9 Å². The Morgan fingerprint density at radius 3 is 2.50 bits per heavy atom. The molecule has 0 aromatic heterocycles. The number of nitrogens with one attached hydrogen (secondary N) is 1. The lowest BCUT2D eigenvalue weighted by molar-refractivity contribution is -0.122. The molecule has 2 aromatic carbocycles. The number of hydrogen-bond donors (Lipinski definition) is 1. The van der Waals surface area contributed by atoms with Crippen molar-refractivity contribution in [1.82, 2.24) is 4.90 Å². The van der Waals surface area contributed by atoms with Crippen LogP contribution in [-0.4, -0.2) is 27.6 Å². The highest BCUT2D eigenvalue weighted by Crippen LogP contribution is 2.33. The van der Waals surface area contributed by atoms with Crippen molar-refractivity contribution in [2.75, 3.05) is 11.9 Å². The molecule has 0 spiro atoms. The first-order valence-electron chi connectivity index (χ1n) is 9.49. The predicted molar refractivity (Wildman–Crippen MR) is 138 cm³/mol. The molecule has 0 unspecified atom stereocenters. The van der Waals surface area contributed by atoms with E-state index < -0.39 is 0 Å². The summed E-state index contributed by atoms with van der Waals surface area (Å²) in [5, 5.41) is 3.56. The number of halogens is 2. The van der Waals surface area contributed by atoms with Gasteiger partial charge in [-0.15, -0.1) is 0 Å². The minimum atomic E-state index is -0.0589. The summed E-state index contributed by atoms with van der Waals surface area (Å²) in [6, 6.07) is 15.0. The molecule has 4 nitrogen and oxygen atoms in total. The van der Waals surface area contributed by atoms with E-state index in [0.717, 1.165) is 34.1 Å². The Morgan fingerprint density at radius 2 is 1.80 bits per heavy atom. The molecule has 0 saturated carbocycles. The Bertz CT molecular complexity index is 962. The molecule has 0 aliphatic carbocycles. The summed E-state index contributed by atoms with van der Waals surface area (Å²) in [7, 11) is 0. The largest absolute Gasteiger partial charge is 0.326 e. The maximum absolute atomic E-state index is 12.6. The normalized spacial score (nSPS) is 15.1. The van der Waals surface area contributed by atoms with Crippen LogP contribution in [0.25, 0.3) is 6.08 Å². The third kappa shape index (κ3) is 6.80. The second-order valence-corrected chi connectivity index (χ2v) is 10.1. The highest BCUT2D eigenvalue weighted by molar-refractivity contribution is 14.1. The Hall–Kier alpha value is -1.42. The van der Waals surface area contributed by atoms with Crippen molar-refractivity contribution in [3.8, 4) is 0 Å². The van der Waals surface area contributed by atoms with E-state index in [4.69, 9.17) is 23.8 Å². The molecule has 0 atom stereocenters. The van der Waals surface area contributed by atoms with Crippen molar-refractivity contribution in [1.29, 1.82) is 0 Å². The fraction of sp³-hybridized carbons (Fsp3) is 0.227. The third-order valence-electron chi connectivity index (χ3n) is 4.45. The van der Waals surface area contributed by atoms with Gasteiger partial charge < -0.3 is 5.32 Å². The lowest BCUT2D eigenvalue weighted by Crippen LogP contribution is -2.29.